The second kappa shape index (κ2) is 5.51. The molecule has 1 N–H and O–H groups in total. The quantitative estimate of drug-likeness (QED) is 0.861. The highest BCUT2D eigenvalue weighted by Gasteiger charge is 2.16. The molecule has 94 valence electrons. The van der Waals surface area contributed by atoms with Gasteiger partial charge in [-0.1, -0.05) is 6.07 Å². The van der Waals surface area contributed by atoms with Crippen molar-refractivity contribution in [3.63, 3.8) is 0 Å². The molecule has 4 nitrogen and oxygen atoms in total. The van der Waals surface area contributed by atoms with Gasteiger partial charge in [0.05, 0.1) is 0 Å². The van der Waals surface area contributed by atoms with Crippen LogP contribution in [0, 0.1) is 10.5 Å². The number of carbonyl (C=O) groups excluding carboxylic acids is 1. The molecule has 1 amide bonds. The zero-order valence-electron chi connectivity index (χ0n) is 10.2. The van der Waals surface area contributed by atoms with Gasteiger partial charge in [0, 0.05) is 21.7 Å². The Hall–Kier alpha value is -1.37. The Kier molecular flexibility index (Phi) is 4.00. The fourth-order valence-electron chi connectivity index (χ4n) is 1.61. The highest BCUT2D eigenvalue weighted by molar-refractivity contribution is 14.1. The molecule has 0 radical (unpaired) electrons. The van der Waals surface area contributed by atoms with Crippen LogP contribution in [0.2, 0.25) is 0 Å². The first kappa shape index (κ1) is 13.1. The van der Waals surface area contributed by atoms with Gasteiger partial charge in [-0.25, -0.2) is 0 Å². The predicted molar refractivity (Wildman–Crippen MR) is 79.5 cm³/mol. The maximum atomic E-state index is 12.1. The number of hydrogen-bond donors (Lipinski definition) is 1. The summed E-state index contributed by atoms with van der Waals surface area (Å²) in [6.07, 6.45) is 3.45. The number of nitrogens with zero attached hydrogens (tertiary/aromatic N) is 2. The van der Waals surface area contributed by atoms with Crippen LogP contribution in [0.1, 0.15) is 18.5 Å². The molecule has 2 rings (SSSR count). The molecule has 0 aliphatic carbocycles. The molecule has 18 heavy (non-hydrogen) atoms. The third-order valence-electron chi connectivity index (χ3n) is 2.83. The van der Waals surface area contributed by atoms with Crippen molar-refractivity contribution in [3.05, 3.63) is 45.8 Å². The zero-order chi connectivity index (χ0) is 13.1. The minimum Gasteiger partial charge on any atom is -0.324 e. The Morgan fingerprint density at radius 1 is 1.44 bits per heavy atom. The van der Waals surface area contributed by atoms with Gasteiger partial charge in [0.2, 0.25) is 5.91 Å². The van der Waals surface area contributed by atoms with E-state index >= 15 is 0 Å². The van der Waals surface area contributed by atoms with Crippen LogP contribution in [0.25, 0.3) is 0 Å². The van der Waals surface area contributed by atoms with Crippen molar-refractivity contribution >= 4 is 34.2 Å². The Bertz CT molecular complexity index is 551. The molecule has 0 saturated carbocycles. The SMILES string of the molecule is Cc1c(I)cccc1NC(=O)C(C)n1cccn1. The maximum absolute atomic E-state index is 12.1. The smallest absolute Gasteiger partial charge is 0.248 e. The van der Waals surface area contributed by atoms with E-state index in [9.17, 15) is 4.79 Å². The van der Waals surface area contributed by atoms with Crippen LogP contribution in [0.3, 0.4) is 0 Å². The molecule has 1 atom stereocenters. The molecule has 1 aromatic carbocycles. The summed E-state index contributed by atoms with van der Waals surface area (Å²) in [7, 11) is 0. The van der Waals surface area contributed by atoms with E-state index in [0.29, 0.717) is 0 Å². The number of anilines is 1. The lowest BCUT2D eigenvalue weighted by molar-refractivity contribution is -0.119. The fourth-order valence-corrected chi connectivity index (χ4v) is 2.11. The predicted octanol–water partition coefficient (Wildman–Crippen LogP) is 3.00. The van der Waals surface area contributed by atoms with E-state index in [1.165, 1.54) is 0 Å². The van der Waals surface area contributed by atoms with Gasteiger partial charge in [0.25, 0.3) is 0 Å². The van der Waals surface area contributed by atoms with Crippen molar-refractivity contribution in [3.8, 4) is 0 Å². The largest absolute Gasteiger partial charge is 0.324 e. The monoisotopic (exact) mass is 355 g/mol. The number of carbonyl (C=O) groups is 1. The lowest BCUT2D eigenvalue weighted by atomic mass is 10.2. The van der Waals surface area contributed by atoms with Gasteiger partial charge >= 0.3 is 0 Å². The van der Waals surface area contributed by atoms with E-state index in [1.54, 1.807) is 23.1 Å². The first-order valence-corrected chi connectivity index (χ1v) is 6.72. The van der Waals surface area contributed by atoms with Crippen LogP contribution in [0.4, 0.5) is 5.69 Å². The minimum absolute atomic E-state index is 0.0659. The normalized spacial score (nSPS) is 12.2. The fraction of sp³-hybridized carbons (Fsp3) is 0.231. The van der Waals surface area contributed by atoms with Crippen LogP contribution in [0.5, 0.6) is 0 Å². The second-order valence-electron chi connectivity index (χ2n) is 4.06. The molecule has 0 aliphatic rings. The molecule has 5 heteroatoms. The number of rotatable bonds is 3. The molecule has 0 spiro atoms. The number of benzene rings is 1. The number of aromatic nitrogens is 2. The third kappa shape index (κ3) is 2.72. The topological polar surface area (TPSA) is 46.9 Å². The molecule has 0 saturated heterocycles. The van der Waals surface area contributed by atoms with Crippen molar-refractivity contribution in [2.45, 2.75) is 19.9 Å². The molecule has 0 fully saturated rings. The molecule has 1 aromatic heterocycles. The maximum Gasteiger partial charge on any atom is 0.248 e. The van der Waals surface area contributed by atoms with E-state index in [4.69, 9.17) is 0 Å². The van der Waals surface area contributed by atoms with E-state index in [1.807, 2.05) is 32.0 Å². The number of hydrogen-bond acceptors (Lipinski definition) is 2. The molecule has 0 bridgehead atoms. The summed E-state index contributed by atoms with van der Waals surface area (Å²) in [6, 6.07) is 7.34. The van der Waals surface area contributed by atoms with Crippen LogP contribution < -0.4 is 5.32 Å². The average Bonchev–Trinajstić information content (AvgIpc) is 2.87. The van der Waals surface area contributed by atoms with Crippen molar-refractivity contribution in [1.29, 1.82) is 0 Å². The van der Waals surface area contributed by atoms with E-state index < -0.39 is 0 Å². The highest BCUT2D eigenvalue weighted by atomic mass is 127. The Morgan fingerprint density at radius 3 is 2.89 bits per heavy atom. The molecule has 1 heterocycles. The van der Waals surface area contributed by atoms with E-state index in [2.05, 4.69) is 33.0 Å². The number of halogens is 1. The van der Waals surface area contributed by atoms with Gasteiger partial charge in [-0.3, -0.25) is 9.48 Å². The Labute approximate surface area is 120 Å². The molecule has 1 unspecified atom stereocenters. The molecular formula is C13H14IN3O. The lowest BCUT2D eigenvalue weighted by Crippen LogP contribution is -2.24. The van der Waals surface area contributed by atoms with Crippen LogP contribution in [-0.2, 0) is 4.79 Å². The van der Waals surface area contributed by atoms with Gasteiger partial charge in [-0.2, -0.15) is 5.10 Å². The number of amides is 1. The summed E-state index contributed by atoms with van der Waals surface area (Å²) in [6.45, 7) is 3.82. The van der Waals surface area contributed by atoms with Crippen LogP contribution in [-0.4, -0.2) is 15.7 Å². The minimum atomic E-state index is -0.322. The summed E-state index contributed by atoms with van der Waals surface area (Å²) in [5.41, 5.74) is 1.94. The highest BCUT2D eigenvalue weighted by Crippen LogP contribution is 2.21. The van der Waals surface area contributed by atoms with Crippen LogP contribution >= 0.6 is 22.6 Å². The van der Waals surface area contributed by atoms with Crippen molar-refractivity contribution < 1.29 is 4.79 Å². The van der Waals surface area contributed by atoms with Gasteiger partial charge in [-0.05, 0) is 60.2 Å². The summed E-state index contributed by atoms with van der Waals surface area (Å²) in [5, 5.41) is 7.01. The Morgan fingerprint density at radius 2 is 2.22 bits per heavy atom. The molecule has 2 aromatic rings. The van der Waals surface area contributed by atoms with Crippen LogP contribution in [0.15, 0.2) is 36.7 Å². The standard InChI is InChI=1S/C13H14IN3O/c1-9-11(14)5-3-6-12(9)16-13(18)10(2)17-8-4-7-15-17/h3-8,10H,1-2H3,(H,16,18). The summed E-state index contributed by atoms with van der Waals surface area (Å²) >= 11 is 2.26. The average molecular weight is 355 g/mol. The van der Waals surface area contributed by atoms with Gasteiger partial charge < -0.3 is 5.32 Å². The van der Waals surface area contributed by atoms with Gasteiger partial charge in [0.15, 0.2) is 0 Å². The Balaban J connectivity index is 2.14. The first-order valence-electron chi connectivity index (χ1n) is 5.64. The summed E-state index contributed by atoms with van der Waals surface area (Å²) < 4.78 is 2.77. The van der Waals surface area contributed by atoms with E-state index in [0.717, 1.165) is 14.8 Å². The first-order chi connectivity index (χ1) is 8.59. The zero-order valence-corrected chi connectivity index (χ0v) is 12.4. The third-order valence-corrected chi connectivity index (χ3v) is 4.00. The molecular weight excluding hydrogens is 341 g/mol. The van der Waals surface area contributed by atoms with E-state index in [-0.39, 0.29) is 11.9 Å². The van der Waals surface area contributed by atoms with Gasteiger partial charge in [-0.15, -0.1) is 0 Å². The lowest BCUT2D eigenvalue weighted by Gasteiger charge is -2.14. The van der Waals surface area contributed by atoms with Crippen molar-refractivity contribution in [2.24, 2.45) is 0 Å². The van der Waals surface area contributed by atoms with Gasteiger partial charge in [0.1, 0.15) is 6.04 Å². The number of nitrogens with one attached hydrogen (secondary N) is 1. The summed E-state index contributed by atoms with van der Waals surface area (Å²) in [5.74, 6) is -0.0659. The summed E-state index contributed by atoms with van der Waals surface area (Å²) in [4.78, 5) is 12.1. The second-order valence-corrected chi connectivity index (χ2v) is 5.23. The molecule has 0 aliphatic heterocycles. The van der Waals surface area contributed by atoms with Crippen molar-refractivity contribution in [2.75, 3.05) is 5.32 Å². The van der Waals surface area contributed by atoms with Crippen molar-refractivity contribution in [1.82, 2.24) is 9.78 Å².